The van der Waals surface area contributed by atoms with Crippen LogP contribution < -0.4 is 11.1 Å². The molecular formula is C16H22N4S. The van der Waals surface area contributed by atoms with Crippen LogP contribution in [-0.2, 0) is 19.4 Å². The summed E-state index contributed by atoms with van der Waals surface area (Å²) in [6, 6.07) is 10.8. The SMILES string of the molecule is CC(C)NC(N)=NCc1csc(CCc2ccccc2)n1. The van der Waals surface area contributed by atoms with Crippen molar-refractivity contribution in [3.05, 3.63) is 52.0 Å². The molecule has 112 valence electrons. The molecule has 0 saturated carbocycles. The van der Waals surface area contributed by atoms with Crippen LogP contribution in [-0.4, -0.2) is 17.0 Å². The maximum Gasteiger partial charge on any atom is 0.189 e. The van der Waals surface area contributed by atoms with Crippen molar-refractivity contribution in [1.82, 2.24) is 10.3 Å². The summed E-state index contributed by atoms with van der Waals surface area (Å²) in [7, 11) is 0. The number of hydrogen-bond acceptors (Lipinski definition) is 3. The van der Waals surface area contributed by atoms with Crippen LogP contribution in [0.5, 0.6) is 0 Å². The Labute approximate surface area is 130 Å². The molecular weight excluding hydrogens is 280 g/mol. The van der Waals surface area contributed by atoms with Gasteiger partial charge in [0.1, 0.15) is 0 Å². The number of aromatic nitrogens is 1. The van der Waals surface area contributed by atoms with E-state index >= 15 is 0 Å². The van der Waals surface area contributed by atoms with Crippen LogP contribution in [0.4, 0.5) is 0 Å². The van der Waals surface area contributed by atoms with Crippen molar-refractivity contribution in [1.29, 1.82) is 0 Å². The summed E-state index contributed by atoms with van der Waals surface area (Å²) >= 11 is 1.69. The number of guanidine groups is 1. The standard InChI is InChI=1S/C16H22N4S/c1-12(2)19-16(17)18-10-14-11-21-15(20-14)9-8-13-6-4-3-5-7-13/h3-7,11-12H,8-10H2,1-2H3,(H3,17,18,19). The summed E-state index contributed by atoms with van der Waals surface area (Å²) < 4.78 is 0. The van der Waals surface area contributed by atoms with Gasteiger partial charge >= 0.3 is 0 Å². The van der Waals surface area contributed by atoms with Crippen molar-refractivity contribution >= 4 is 17.3 Å². The van der Waals surface area contributed by atoms with Gasteiger partial charge in [0.15, 0.2) is 5.96 Å². The number of aryl methyl sites for hydroxylation is 2. The molecule has 0 fully saturated rings. The largest absolute Gasteiger partial charge is 0.370 e. The number of thiazole rings is 1. The van der Waals surface area contributed by atoms with Crippen LogP contribution in [0.1, 0.15) is 30.1 Å². The van der Waals surface area contributed by atoms with Crippen molar-refractivity contribution in [2.45, 2.75) is 39.3 Å². The first kappa shape index (κ1) is 15.5. The van der Waals surface area contributed by atoms with Crippen molar-refractivity contribution in [2.24, 2.45) is 10.7 Å². The number of nitrogens with one attached hydrogen (secondary N) is 1. The zero-order valence-electron chi connectivity index (χ0n) is 12.5. The molecule has 1 aromatic carbocycles. The van der Waals surface area contributed by atoms with E-state index in [-0.39, 0.29) is 0 Å². The lowest BCUT2D eigenvalue weighted by atomic mass is 10.1. The van der Waals surface area contributed by atoms with Gasteiger partial charge in [-0.25, -0.2) is 9.98 Å². The highest BCUT2D eigenvalue weighted by Crippen LogP contribution is 2.13. The third-order valence-corrected chi connectivity index (χ3v) is 3.88. The maximum atomic E-state index is 5.78. The van der Waals surface area contributed by atoms with E-state index in [0.717, 1.165) is 23.5 Å². The molecule has 1 heterocycles. The van der Waals surface area contributed by atoms with Crippen LogP contribution in [0.25, 0.3) is 0 Å². The fourth-order valence-corrected chi connectivity index (χ4v) is 2.73. The van der Waals surface area contributed by atoms with E-state index in [1.165, 1.54) is 5.56 Å². The van der Waals surface area contributed by atoms with Gasteiger partial charge in [0.05, 0.1) is 17.2 Å². The monoisotopic (exact) mass is 302 g/mol. The van der Waals surface area contributed by atoms with Crippen LogP contribution in [0.15, 0.2) is 40.7 Å². The lowest BCUT2D eigenvalue weighted by Gasteiger charge is -2.07. The first-order chi connectivity index (χ1) is 10.1. The van der Waals surface area contributed by atoms with Crippen LogP contribution in [0.3, 0.4) is 0 Å². The Morgan fingerprint density at radius 2 is 2.05 bits per heavy atom. The van der Waals surface area contributed by atoms with Crippen molar-refractivity contribution in [3.63, 3.8) is 0 Å². The molecule has 0 unspecified atom stereocenters. The average molecular weight is 302 g/mol. The van der Waals surface area contributed by atoms with E-state index in [1.807, 2.05) is 19.9 Å². The number of aliphatic imine (C=N–C) groups is 1. The molecule has 0 spiro atoms. The third-order valence-electron chi connectivity index (χ3n) is 2.92. The number of rotatable bonds is 6. The highest BCUT2D eigenvalue weighted by molar-refractivity contribution is 7.09. The van der Waals surface area contributed by atoms with Gasteiger partial charge < -0.3 is 11.1 Å². The Morgan fingerprint density at radius 3 is 2.76 bits per heavy atom. The second-order valence-electron chi connectivity index (χ2n) is 5.22. The summed E-state index contributed by atoms with van der Waals surface area (Å²) in [6.07, 6.45) is 1.99. The van der Waals surface area contributed by atoms with Crippen molar-refractivity contribution < 1.29 is 0 Å². The van der Waals surface area contributed by atoms with Crippen molar-refractivity contribution in [3.8, 4) is 0 Å². The van der Waals surface area contributed by atoms with Crippen LogP contribution in [0.2, 0.25) is 0 Å². The molecule has 2 aromatic rings. The molecule has 4 nitrogen and oxygen atoms in total. The summed E-state index contributed by atoms with van der Waals surface area (Å²) in [5.74, 6) is 0.476. The Bertz CT molecular complexity index is 575. The van der Waals surface area contributed by atoms with Gasteiger partial charge in [-0.05, 0) is 25.8 Å². The smallest absolute Gasteiger partial charge is 0.189 e. The molecule has 3 N–H and O–H groups in total. The molecule has 0 atom stereocenters. The Morgan fingerprint density at radius 1 is 1.29 bits per heavy atom. The summed E-state index contributed by atoms with van der Waals surface area (Å²) in [5.41, 5.74) is 8.11. The van der Waals surface area contributed by atoms with E-state index in [0.29, 0.717) is 18.5 Å². The average Bonchev–Trinajstić information content (AvgIpc) is 2.91. The summed E-state index contributed by atoms with van der Waals surface area (Å²) in [6.45, 7) is 4.60. The summed E-state index contributed by atoms with van der Waals surface area (Å²) in [5, 5.41) is 6.28. The molecule has 5 heteroatoms. The minimum Gasteiger partial charge on any atom is -0.370 e. The number of nitrogens with zero attached hydrogens (tertiary/aromatic N) is 2. The minimum atomic E-state index is 0.297. The first-order valence-electron chi connectivity index (χ1n) is 7.17. The van der Waals surface area contributed by atoms with Gasteiger partial charge in [-0.15, -0.1) is 11.3 Å². The lowest BCUT2D eigenvalue weighted by Crippen LogP contribution is -2.36. The quantitative estimate of drug-likeness (QED) is 0.637. The number of nitrogens with two attached hydrogens (primary N) is 1. The predicted octanol–water partition coefficient (Wildman–Crippen LogP) is 2.74. The van der Waals surface area contributed by atoms with E-state index in [4.69, 9.17) is 5.73 Å². The van der Waals surface area contributed by atoms with Gasteiger partial charge in [0.25, 0.3) is 0 Å². The third kappa shape index (κ3) is 5.55. The Hall–Kier alpha value is -1.88. The van der Waals surface area contributed by atoms with E-state index in [1.54, 1.807) is 11.3 Å². The molecule has 0 saturated heterocycles. The highest BCUT2D eigenvalue weighted by atomic mass is 32.1. The van der Waals surface area contributed by atoms with Gasteiger partial charge in [-0.2, -0.15) is 0 Å². The fraction of sp³-hybridized carbons (Fsp3) is 0.375. The van der Waals surface area contributed by atoms with Gasteiger partial charge in [-0.1, -0.05) is 30.3 Å². The molecule has 0 aliphatic heterocycles. The molecule has 2 rings (SSSR count). The zero-order chi connectivity index (χ0) is 15.1. The van der Waals surface area contributed by atoms with Gasteiger partial charge in [0, 0.05) is 17.8 Å². The number of hydrogen-bond donors (Lipinski definition) is 2. The molecule has 0 radical (unpaired) electrons. The normalized spacial score (nSPS) is 11.9. The van der Waals surface area contributed by atoms with Crippen LogP contribution in [0, 0.1) is 0 Å². The molecule has 0 aliphatic rings. The van der Waals surface area contributed by atoms with E-state index in [9.17, 15) is 0 Å². The lowest BCUT2D eigenvalue weighted by molar-refractivity contribution is 0.723. The molecule has 0 amide bonds. The molecule has 21 heavy (non-hydrogen) atoms. The highest BCUT2D eigenvalue weighted by Gasteiger charge is 2.03. The fourth-order valence-electron chi connectivity index (χ4n) is 1.94. The molecule has 0 bridgehead atoms. The maximum absolute atomic E-state index is 5.78. The topological polar surface area (TPSA) is 63.3 Å². The minimum absolute atomic E-state index is 0.297. The first-order valence-corrected chi connectivity index (χ1v) is 8.05. The van der Waals surface area contributed by atoms with Crippen molar-refractivity contribution in [2.75, 3.05) is 0 Å². The summed E-state index contributed by atoms with van der Waals surface area (Å²) in [4.78, 5) is 8.90. The zero-order valence-corrected chi connectivity index (χ0v) is 13.4. The van der Waals surface area contributed by atoms with Gasteiger partial charge in [-0.3, -0.25) is 0 Å². The molecule has 1 aromatic heterocycles. The van der Waals surface area contributed by atoms with Gasteiger partial charge in [0.2, 0.25) is 0 Å². The predicted molar refractivity (Wildman–Crippen MR) is 89.6 cm³/mol. The van der Waals surface area contributed by atoms with E-state index < -0.39 is 0 Å². The van der Waals surface area contributed by atoms with E-state index in [2.05, 4.69) is 44.9 Å². The van der Waals surface area contributed by atoms with Crippen LogP contribution >= 0.6 is 11.3 Å². The molecule has 0 aliphatic carbocycles. The second-order valence-corrected chi connectivity index (χ2v) is 6.16. The number of benzene rings is 1. The Balaban J connectivity index is 1.84. The Kier molecular flexibility index (Phi) is 5.75. The second kappa shape index (κ2) is 7.78.